The summed E-state index contributed by atoms with van der Waals surface area (Å²) in [5, 5.41) is 13.7. The lowest BCUT2D eigenvalue weighted by molar-refractivity contribution is 0.358. The van der Waals surface area contributed by atoms with Crippen molar-refractivity contribution < 1.29 is 14.6 Å². The summed E-state index contributed by atoms with van der Waals surface area (Å²) in [5.74, 6) is 1.43. The van der Waals surface area contributed by atoms with Crippen LogP contribution in [0, 0.1) is 0 Å². The Morgan fingerprint density at radius 2 is 2.05 bits per heavy atom. The second-order valence-corrected chi connectivity index (χ2v) is 4.52. The minimum absolute atomic E-state index is 0.342. The van der Waals surface area contributed by atoms with Crippen LogP contribution >= 0.6 is 11.6 Å². The number of halogens is 1. The summed E-state index contributed by atoms with van der Waals surface area (Å²) in [7, 11) is 3.06. The van der Waals surface area contributed by atoms with Gasteiger partial charge >= 0.3 is 6.01 Å². The Morgan fingerprint density at radius 1 is 1.30 bits per heavy atom. The molecule has 20 heavy (non-hydrogen) atoms. The van der Waals surface area contributed by atoms with Crippen molar-refractivity contribution in [3.63, 3.8) is 0 Å². The largest absolute Gasteiger partial charge is 0.493 e. The fourth-order valence-electron chi connectivity index (χ4n) is 1.93. The number of benzene rings is 1. The van der Waals surface area contributed by atoms with Crippen molar-refractivity contribution in [3.05, 3.63) is 11.1 Å². The molecule has 0 aliphatic carbocycles. The van der Waals surface area contributed by atoms with Crippen LogP contribution in [0.2, 0.25) is 5.02 Å². The van der Waals surface area contributed by atoms with Gasteiger partial charge in [-0.05, 0) is 6.42 Å². The van der Waals surface area contributed by atoms with Crippen molar-refractivity contribution >= 4 is 28.3 Å². The Hall–Kier alpha value is -1.95. The van der Waals surface area contributed by atoms with Crippen LogP contribution in [0.5, 0.6) is 17.5 Å². The van der Waals surface area contributed by atoms with Gasteiger partial charge in [-0.3, -0.25) is 0 Å². The van der Waals surface area contributed by atoms with Crippen molar-refractivity contribution in [2.24, 2.45) is 0 Å². The molecule has 0 unspecified atom stereocenters. The highest BCUT2D eigenvalue weighted by molar-refractivity contribution is 6.36. The van der Waals surface area contributed by atoms with Gasteiger partial charge in [0.2, 0.25) is 0 Å². The lowest BCUT2D eigenvalue weighted by atomic mass is 10.2. The fourth-order valence-corrected chi connectivity index (χ4v) is 2.17. The summed E-state index contributed by atoms with van der Waals surface area (Å²) in [6, 6.07) is 1.25. The van der Waals surface area contributed by atoms with E-state index in [4.69, 9.17) is 21.1 Å². The van der Waals surface area contributed by atoms with Crippen LogP contribution < -0.4 is 14.8 Å². The molecule has 6 nitrogen and oxygen atoms in total. The van der Waals surface area contributed by atoms with Crippen LogP contribution in [0.3, 0.4) is 0 Å². The Bertz CT molecular complexity index is 634. The van der Waals surface area contributed by atoms with Gasteiger partial charge in [0.1, 0.15) is 11.3 Å². The van der Waals surface area contributed by atoms with Gasteiger partial charge < -0.3 is 19.9 Å². The maximum atomic E-state index is 9.63. The number of rotatable bonds is 5. The zero-order valence-corrected chi connectivity index (χ0v) is 12.3. The third-order valence-corrected chi connectivity index (χ3v) is 3.09. The van der Waals surface area contributed by atoms with E-state index >= 15 is 0 Å². The highest BCUT2D eigenvalue weighted by Crippen LogP contribution is 2.42. The van der Waals surface area contributed by atoms with Gasteiger partial charge in [0.15, 0.2) is 11.5 Å². The molecule has 0 aliphatic heterocycles. The van der Waals surface area contributed by atoms with E-state index in [0.29, 0.717) is 39.8 Å². The van der Waals surface area contributed by atoms with Gasteiger partial charge in [0.05, 0.1) is 24.6 Å². The maximum absolute atomic E-state index is 9.63. The number of ether oxygens (including phenoxy) is 2. The van der Waals surface area contributed by atoms with Gasteiger partial charge in [-0.25, -0.2) is 0 Å². The fraction of sp³-hybridized carbons (Fsp3) is 0.385. The molecule has 0 bridgehead atoms. The molecule has 0 fully saturated rings. The molecule has 1 aromatic carbocycles. The first-order valence-electron chi connectivity index (χ1n) is 6.17. The maximum Gasteiger partial charge on any atom is 0.316 e. The molecule has 0 saturated heterocycles. The topological polar surface area (TPSA) is 76.5 Å². The second kappa shape index (κ2) is 6.00. The lowest BCUT2D eigenvalue weighted by Gasteiger charge is -2.15. The molecule has 2 N–H and O–H groups in total. The van der Waals surface area contributed by atoms with E-state index in [0.717, 1.165) is 6.42 Å². The summed E-state index contributed by atoms with van der Waals surface area (Å²) in [5.41, 5.74) is 0.412. The quantitative estimate of drug-likeness (QED) is 0.884. The van der Waals surface area contributed by atoms with Crippen molar-refractivity contribution in [1.29, 1.82) is 0 Å². The van der Waals surface area contributed by atoms with Crippen molar-refractivity contribution in [2.45, 2.75) is 13.3 Å². The third-order valence-electron chi connectivity index (χ3n) is 2.80. The van der Waals surface area contributed by atoms with Crippen molar-refractivity contribution in [1.82, 2.24) is 9.97 Å². The Labute approximate surface area is 121 Å². The zero-order chi connectivity index (χ0) is 14.7. The molecular formula is C13H16ClN3O3. The van der Waals surface area contributed by atoms with Crippen molar-refractivity contribution in [2.75, 3.05) is 26.1 Å². The smallest absolute Gasteiger partial charge is 0.316 e. The number of anilines is 1. The predicted molar refractivity (Wildman–Crippen MR) is 78.1 cm³/mol. The average molecular weight is 298 g/mol. The van der Waals surface area contributed by atoms with Crippen LogP contribution in [0.4, 0.5) is 5.82 Å². The standard InChI is InChI=1S/C13H16ClN3O3/c1-4-5-15-12-9-10(16-13(18)17-12)7(14)6-8(19-2)11(9)20-3/h6H,4-5H2,1-3H3,(H2,15,16,17,18). The number of aromatic nitrogens is 2. The van der Waals surface area contributed by atoms with Gasteiger partial charge in [-0.15, -0.1) is 0 Å². The molecule has 0 aliphatic rings. The SMILES string of the molecule is CCCNc1nc(O)nc2c(Cl)cc(OC)c(OC)c12. The Balaban J connectivity index is 2.79. The lowest BCUT2D eigenvalue weighted by Crippen LogP contribution is -2.05. The minimum atomic E-state index is -0.342. The molecule has 0 saturated carbocycles. The number of nitrogens with one attached hydrogen (secondary N) is 1. The normalized spacial score (nSPS) is 10.6. The molecule has 0 radical (unpaired) electrons. The van der Waals surface area contributed by atoms with E-state index in [1.807, 2.05) is 6.92 Å². The number of methoxy groups -OCH3 is 2. The third kappa shape index (κ3) is 2.51. The summed E-state index contributed by atoms with van der Waals surface area (Å²) >= 11 is 6.18. The molecule has 1 aromatic heterocycles. The summed E-state index contributed by atoms with van der Waals surface area (Å²) in [4.78, 5) is 7.97. The highest BCUT2D eigenvalue weighted by Gasteiger charge is 2.19. The molecule has 108 valence electrons. The van der Waals surface area contributed by atoms with Gasteiger partial charge in [-0.2, -0.15) is 9.97 Å². The first-order chi connectivity index (χ1) is 9.62. The van der Waals surface area contributed by atoms with E-state index < -0.39 is 0 Å². The van der Waals surface area contributed by atoms with E-state index in [9.17, 15) is 5.11 Å². The van der Waals surface area contributed by atoms with Crippen LogP contribution in [-0.2, 0) is 0 Å². The molecule has 1 heterocycles. The van der Waals surface area contributed by atoms with E-state index in [2.05, 4.69) is 15.3 Å². The first-order valence-corrected chi connectivity index (χ1v) is 6.55. The molecule has 0 spiro atoms. The summed E-state index contributed by atoms with van der Waals surface area (Å²) < 4.78 is 10.6. The van der Waals surface area contributed by atoms with Crippen LogP contribution in [0.15, 0.2) is 6.07 Å². The molecular weight excluding hydrogens is 282 g/mol. The Morgan fingerprint density at radius 3 is 2.65 bits per heavy atom. The molecule has 7 heteroatoms. The number of fused-ring (bicyclic) bond motifs is 1. The van der Waals surface area contributed by atoms with Crippen LogP contribution in [0.25, 0.3) is 10.9 Å². The first kappa shape index (κ1) is 14.5. The van der Waals surface area contributed by atoms with Crippen molar-refractivity contribution in [3.8, 4) is 17.5 Å². The molecule has 0 amide bonds. The number of hydrogen-bond acceptors (Lipinski definition) is 6. The zero-order valence-electron chi connectivity index (χ0n) is 11.5. The average Bonchev–Trinajstić information content (AvgIpc) is 2.45. The molecule has 2 rings (SSSR count). The summed E-state index contributed by atoms with van der Waals surface area (Å²) in [6.07, 6.45) is 0.909. The number of aromatic hydroxyl groups is 1. The van der Waals surface area contributed by atoms with Gasteiger partial charge in [0, 0.05) is 12.6 Å². The monoisotopic (exact) mass is 297 g/mol. The van der Waals surface area contributed by atoms with Gasteiger partial charge in [-0.1, -0.05) is 18.5 Å². The van der Waals surface area contributed by atoms with Gasteiger partial charge in [0.25, 0.3) is 0 Å². The predicted octanol–water partition coefficient (Wildman–Crippen LogP) is 2.83. The number of hydrogen-bond donors (Lipinski definition) is 2. The minimum Gasteiger partial charge on any atom is -0.493 e. The highest BCUT2D eigenvalue weighted by atomic mass is 35.5. The Kier molecular flexibility index (Phi) is 4.34. The molecule has 0 atom stereocenters. The van der Waals surface area contributed by atoms with Crippen LogP contribution in [-0.4, -0.2) is 35.8 Å². The second-order valence-electron chi connectivity index (χ2n) is 4.12. The van der Waals surface area contributed by atoms with E-state index in [1.54, 1.807) is 6.07 Å². The van der Waals surface area contributed by atoms with E-state index in [-0.39, 0.29) is 6.01 Å². The summed E-state index contributed by atoms with van der Waals surface area (Å²) in [6.45, 7) is 2.73. The number of nitrogens with zero attached hydrogens (tertiary/aromatic N) is 2. The molecule has 2 aromatic rings. The van der Waals surface area contributed by atoms with Crippen LogP contribution in [0.1, 0.15) is 13.3 Å². The van der Waals surface area contributed by atoms with E-state index in [1.165, 1.54) is 14.2 Å².